The third-order valence-corrected chi connectivity index (χ3v) is 2.50. The van der Waals surface area contributed by atoms with Gasteiger partial charge in [-0.1, -0.05) is 30.3 Å². The monoisotopic (exact) mass is 242 g/mol. The number of hydrogen-bond acceptors (Lipinski definition) is 2. The third kappa shape index (κ3) is 4.64. The summed E-state index contributed by atoms with van der Waals surface area (Å²) in [4.78, 5) is 13.0. The second kappa shape index (κ2) is 7.25. The summed E-state index contributed by atoms with van der Waals surface area (Å²) in [5.41, 5.74) is 6.56. The van der Waals surface area contributed by atoms with Gasteiger partial charge in [0, 0.05) is 0 Å². The Labute approximate surface area is 103 Å². The summed E-state index contributed by atoms with van der Waals surface area (Å²) in [6, 6.07) is 9.95. The van der Waals surface area contributed by atoms with Gasteiger partial charge in [0.25, 0.3) is 0 Å². The number of nitrogens with zero attached hydrogens (tertiary/aromatic N) is 1. The zero-order chi connectivity index (χ0) is 11.3. The van der Waals surface area contributed by atoms with E-state index < -0.39 is 0 Å². The van der Waals surface area contributed by atoms with Crippen LogP contribution in [0.3, 0.4) is 0 Å². The second-order valence-corrected chi connectivity index (χ2v) is 3.91. The molecule has 0 aliphatic rings. The summed E-state index contributed by atoms with van der Waals surface area (Å²) in [6.07, 6.45) is 1.65. The number of carbonyl (C=O) groups is 1. The Morgan fingerprint density at radius 3 is 2.31 bits per heavy atom. The second-order valence-electron chi connectivity index (χ2n) is 3.91. The fourth-order valence-electron chi connectivity index (χ4n) is 1.60. The Balaban J connectivity index is 0.00000225. The Morgan fingerprint density at radius 1 is 1.31 bits per heavy atom. The molecule has 0 heterocycles. The smallest absolute Gasteiger partial charge is 0.234 e. The van der Waals surface area contributed by atoms with Crippen LogP contribution >= 0.6 is 12.4 Å². The minimum Gasteiger partial charge on any atom is -0.368 e. The number of nitrogens with two attached hydrogens (primary N) is 1. The van der Waals surface area contributed by atoms with Crippen LogP contribution < -0.4 is 5.73 Å². The molecule has 0 aromatic heterocycles. The van der Waals surface area contributed by atoms with Crippen molar-refractivity contribution in [2.45, 2.75) is 18.9 Å². The molecule has 0 spiro atoms. The molecule has 90 valence electrons. The Bertz CT molecular complexity index is 314. The van der Waals surface area contributed by atoms with Crippen molar-refractivity contribution in [2.75, 3.05) is 14.1 Å². The predicted octanol–water partition coefficient (Wildman–Crippen LogP) is 1.46. The molecule has 0 aliphatic heterocycles. The highest BCUT2D eigenvalue weighted by Gasteiger charge is 2.16. The quantitative estimate of drug-likeness (QED) is 0.850. The van der Waals surface area contributed by atoms with Crippen molar-refractivity contribution in [1.82, 2.24) is 4.90 Å². The first-order valence-electron chi connectivity index (χ1n) is 5.11. The number of primary amides is 1. The number of aryl methyl sites for hydroxylation is 1. The van der Waals surface area contributed by atoms with Crippen molar-refractivity contribution >= 4 is 18.3 Å². The molecule has 1 amide bonds. The number of carbonyl (C=O) groups excluding carboxylic acids is 1. The molecule has 0 aliphatic carbocycles. The Morgan fingerprint density at radius 2 is 1.88 bits per heavy atom. The summed E-state index contributed by atoms with van der Waals surface area (Å²) in [5, 5.41) is 0. The number of benzene rings is 1. The van der Waals surface area contributed by atoms with Gasteiger partial charge in [0.2, 0.25) is 5.91 Å². The standard InChI is InChI=1S/C12H18N2O.ClH/c1-14(2)11(12(13)15)9-8-10-6-4-3-5-7-10;/h3-7,11H,8-9H2,1-2H3,(H2,13,15);1H. The van der Waals surface area contributed by atoms with E-state index in [1.807, 2.05) is 37.2 Å². The number of likely N-dealkylation sites (N-methyl/N-ethyl adjacent to an activating group) is 1. The predicted molar refractivity (Wildman–Crippen MR) is 68.7 cm³/mol. The average Bonchev–Trinajstić information content (AvgIpc) is 2.18. The first kappa shape index (κ1) is 14.9. The van der Waals surface area contributed by atoms with E-state index in [1.165, 1.54) is 5.56 Å². The normalized spacial score (nSPS) is 11.9. The Kier molecular flexibility index (Phi) is 6.77. The van der Waals surface area contributed by atoms with Gasteiger partial charge in [0.05, 0.1) is 6.04 Å². The molecule has 0 saturated heterocycles. The van der Waals surface area contributed by atoms with Gasteiger partial charge < -0.3 is 5.73 Å². The highest BCUT2D eigenvalue weighted by Crippen LogP contribution is 2.07. The minimum absolute atomic E-state index is 0. The lowest BCUT2D eigenvalue weighted by atomic mass is 10.0. The van der Waals surface area contributed by atoms with Gasteiger partial charge in [0.15, 0.2) is 0 Å². The van der Waals surface area contributed by atoms with Crippen molar-refractivity contribution in [2.24, 2.45) is 5.73 Å². The van der Waals surface area contributed by atoms with Crippen molar-refractivity contribution in [3.63, 3.8) is 0 Å². The minimum atomic E-state index is -0.254. The molecule has 16 heavy (non-hydrogen) atoms. The lowest BCUT2D eigenvalue weighted by molar-refractivity contribution is -0.122. The van der Waals surface area contributed by atoms with Crippen LogP contribution in [0.25, 0.3) is 0 Å². The van der Waals surface area contributed by atoms with Crippen LogP contribution in [0.1, 0.15) is 12.0 Å². The summed E-state index contributed by atoms with van der Waals surface area (Å²) >= 11 is 0. The molecular formula is C12H19ClN2O. The fourth-order valence-corrected chi connectivity index (χ4v) is 1.60. The van der Waals surface area contributed by atoms with E-state index in [4.69, 9.17) is 5.73 Å². The largest absolute Gasteiger partial charge is 0.368 e. The van der Waals surface area contributed by atoms with Gasteiger partial charge in [-0.05, 0) is 32.5 Å². The molecule has 1 atom stereocenters. The van der Waals surface area contributed by atoms with Gasteiger partial charge in [-0.3, -0.25) is 9.69 Å². The molecule has 4 heteroatoms. The van der Waals surface area contributed by atoms with E-state index in [0.29, 0.717) is 0 Å². The SMILES string of the molecule is CN(C)C(CCc1ccccc1)C(N)=O.Cl. The van der Waals surface area contributed by atoms with Crippen molar-refractivity contribution in [3.8, 4) is 0 Å². The topological polar surface area (TPSA) is 46.3 Å². The third-order valence-electron chi connectivity index (χ3n) is 2.50. The van der Waals surface area contributed by atoms with Crippen LogP contribution in [0.5, 0.6) is 0 Å². The van der Waals surface area contributed by atoms with E-state index in [0.717, 1.165) is 12.8 Å². The van der Waals surface area contributed by atoms with Crippen LogP contribution in [-0.2, 0) is 11.2 Å². The first-order valence-corrected chi connectivity index (χ1v) is 5.11. The van der Waals surface area contributed by atoms with Crippen LogP contribution in [-0.4, -0.2) is 30.9 Å². The van der Waals surface area contributed by atoms with Gasteiger partial charge in [-0.15, -0.1) is 12.4 Å². The summed E-state index contributed by atoms with van der Waals surface area (Å²) in [7, 11) is 3.75. The van der Waals surface area contributed by atoms with Crippen LogP contribution in [0.4, 0.5) is 0 Å². The Hall–Kier alpha value is -1.06. The van der Waals surface area contributed by atoms with E-state index in [1.54, 1.807) is 0 Å². The molecule has 2 N–H and O–H groups in total. The molecule has 0 saturated carbocycles. The van der Waals surface area contributed by atoms with Crippen molar-refractivity contribution < 1.29 is 4.79 Å². The highest BCUT2D eigenvalue weighted by atomic mass is 35.5. The van der Waals surface area contributed by atoms with E-state index >= 15 is 0 Å². The highest BCUT2D eigenvalue weighted by molar-refractivity contribution is 5.85. The van der Waals surface area contributed by atoms with Crippen LogP contribution in [0.2, 0.25) is 0 Å². The molecule has 1 unspecified atom stereocenters. The fraction of sp³-hybridized carbons (Fsp3) is 0.417. The molecule has 0 bridgehead atoms. The molecule has 1 aromatic rings. The first-order chi connectivity index (χ1) is 7.11. The zero-order valence-corrected chi connectivity index (χ0v) is 10.5. The molecule has 0 fully saturated rings. The maximum atomic E-state index is 11.1. The molecule has 1 aromatic carbocycles. The maximum absolute atomic E-state index is 11.1. The van der Waals surface area contributed by atoms with Gasteiger partial charge in [-0.2, -0.15) is 0 Å². The number of halogens is 1. The maximum Gasteiger partial charge on any atom is 0.234 e. The van der Waals surface area contributed by atoms with E-state index in [-0.39, 0.29) is 24.4 Å². The van der Waals surface area contributed by atoms with E-state index in [2.05, 4.69) is 12.1 Å². The van der Waals surface area contributed by atoms with E-state index in [9.17, 15) is 4.79 Å². The van der Waals surface area contributed by atoms with Gasteiger partial charge >= 0.3 is 0 Å². The molecular weight excluding hydrogens is 224 g/mol. The van der Waals surface area contributed by atoms with Gasteiger partial charge in [-0.25, -0.2) is 0 Å². The van der Waals surface area contributed by atoms with Crippen LogP contribution in [0.15, 0.2) is 30.3 Å². The zero-order valence-electron chi connectivity index (χ0n) is 9.72. The number of hydrogen-bond donors (Lipinski definition) is 1. The summed E-state index contributed by atoms with van der Waals surface area (Å²) in [5.74, 6) is -0.254. The van der Waals surface area contributed by atoms with Crippen LogP contribution in [0, 0.1) is 0 Å². The number of rotatable bonds is 5. The van der Waals surface area contributed by atoms with Gasteiger partial charge in [0.1, 0.15) is 0 Å². The summed E-state index contributed by atoms with van der Waals surface area (Å²) < 4.78 is 0. The molecule has 3 nitrogen and oxygen atoms in total. The average molecular weight is 243 g/mol. The molecule has 1 rings (SSSR count). The summed E-state index contributed by atoms with van der Waals surface area (Å²) in [6.45, 7) is 0. The lowest BCUT2D eigenvalue weighted by Gasteiger charge is -2.20. The van der Waals surface area contributed by atoms with Crippen molar-refractivity contribution in [3.05, 3.63) is 35.9 Å². The molecule has 0 radical (unpaired) electrons. The lowest BCUT2D eigenvalue weighted by Crippen LogP contribution is -2.40. The van der Waals surface area contributed by atoms with Crippen molar-refractivity contribution in [1.29, 1.82) is 0 Å². The number of amides is 1.